The van der Waals surface area contributed by atoms with Gasteiger partial charge in [-0.15, -0.1) is 0 Å². The van der Waals surface area contributed by atoms with Crippen LogP contribution in [0.4, 0.5) is 0 Å². The van der Waals surface area contributed by atoms with Crippen LogP contribution in [0.2, 0.25) is 0 Å². The fraction of sp³-hybridized carbons (Fsp3) is 0.500. The van der Waals surface area contributed by atoms with Crippen molar-refractivity contribution in [3.05, 3.63) is 52.6 Å². The summed E-state index contributed by atoms with van der Waals surface area (Å²) in [6.07, 6.45) is 2.55. The molecule has 0 radical (unpaired) electrons. The van der Waals surface area contributed by atoms with E-state index in [1.807, 2.05) is 43.0 Å². The second kappa shape index (κ2) is 9.90. The zero-order valence-electron chi connectivity index (χ0n) is 19.1. The zero-order chi connectivity index (χ0) is 22.5. The lowest BCUT2D eigenvalue weighted by atomic mass is 9.95. The third kappa shape index (κ3) is 5.60. The zero-order valence-corrected chi connectivity index (χ0v) is 19.1. The predicted molar refractivity (Wildman–Crippen MR) is 119 cm³/mol. The maximum absolute atomic E-state index is 12.9. The number of benzene rings is 1. The van der Waals surface area contributed by atoms with Crippen LogP contribution < -0.4 is 4.74 Å². The number of carbonyl (C=O) groups is 2. The van der Waals surface area contributed by atoms with Crippen molar-refractivity contribution in [2.45, 2.75) is 45.4 Å². The number of hydrogen-bond donors (Lipinski definition) is 0. The lowest BCUT2D eigenvalue weighted by Crippen LogP contribution is -2.40. The summed E-state index contributed by atoms with van der Waals surface area (Å²) in [5, 5.41) is 0. The van der Waals surface area contributed by atoms with Gasteiger partial charge < -0.3 is 14.5 Å². The number of likely N-dealkylation sites (N-methyl/N-ethyl adjacent to an activating group) is 1. The number of ether oxygens (including phenoxy) is 1. The van der Waals surface area contributed by atoms with Gasteiger partial charge >= 0.3 is 0 Å². The Hall–Kier alpha value is -2.96. The molecule has 0 aliphatic carbocycles. The molecule has 7 heteroatoms. The van der Waals surface area contributed by atoms with Gasteiger partial charge in [0.2, 0.25) is 11.8 Å². The molecule has 31 heavy (non-hydrogen) atoms. The molecule has 1 aliphatic heterocycles. The third-order valence-electron chi connectivity index (χ3n) is 5.89. The SMILES string of the molecule is COc1cccc(CC(=O)N2CCCC(c3nc(C)c(CC(=O)N(C)C)c(C)n3)C2)c1. The van der Waals surface area contributed by atoms with E-state index in [1.165, 1.54) is 0 Å². The number of aromatic nitrogens is 2. The van der Waals surface area contributed by atoms with Crippen molar-refractivity contribution in [1.29, 1.82) is 0 Å². The standard InChI is InChI=1S/C24H32N4O3/c1-16-21(14-22(29)27(3)4)17(2)26-24(25-16)19-9-7-11-28(15-19)23(30)13-18-8-6-10-20(12-18)31-5/h6,8,10,12,19H,7,9,11,13-15H2,1-5H3. The van der Waals surface area contributed by atoms with Gasteiger partial charge in [-0.1, -0.05) is 12.1 Å². The molecule has 2 aromatic rings. The molecule has 1 aliphatic rings. The first-order valence-electron chi connectivity index (χ1n) is 10.7. The summed E-state index contributed by atoms with van der Waals surface area (Å²) < 4.78 is 5.26. The number of carbonyl (C=O) groups excluding carboxylic acids is 2. The molecule has 2 heterocycles. The lowest BCUT2D eigenvalue weighted by Gasteiger charge is -2.32. The molecule has 0 N–H and O–H groups in total. The third-order valence-corrected chi connectivity index (χ3v) is 5.89. The van der Waals surface area contributed by atoms with Crippen molar-refractivity contribution >= 4 is 11.8 Å². The van der Waals surface area contributed by atoms with Crippen LogP contribution in [0, 0.1) is 13.8 Å². The second-order valence-corrected chi connectivity index (χ2v) is 8.40. The summed E-state index contributed by atoms with van der Waals surface area (Å²) in [5.74, 6) is 1.79. The van der Waals surface area contributed by atoms with E-state index in [9.17, 15) is 9.59 Å². The van der Waals surface area contributed by atoms with Crippen molar-refractivity contribution in [3.63, 3.8) is 0 Å². The highest BCUT2D eigenvalue weighted by Crippen LogP contribution is 2.27. The van der Waals surface area contributed by atoms with E-state index in [0.717, 1.165) is 53.5 Å². The summed E-state index contributed by atoms with van der Waals surface area (Å²) in [6.45, 7) is 5.25. The second-order valence-electron chi connectivity index (χ2n) is 8.40. The van der Waals surface area contributed by atoms with Crippen molar-refractivity contribution in [1.82, 2.24) is 19.8 Å². The van der Waals surface area contributed by atoms with Crippen LogP contribution in [0.1, 0.15) is 47.1 Å². The Balaban J connectivity index is 1.71. The average molecular weight is 425 g/mol. The van der Waals surface area contributed by atoms with E-state index in [1.54, 1.807) is 26.1 Å². The normalized spacial score (nSPS) is 16.2. The maximum Gasteiger partial charge on any atom is 0.227 e. The summed E-state index contributed by atoms with van der Waals surface area (Å²) in [7, 11) is 5.13. The van der Waals surface area contributed by atoms with Gasteiger partial charge in [-0.2, -0.15) is 0 Å². The van der Waals surface area contributed by atoms with E-state index in [2.05, 4.69) is 0 Å². The molecule has 1 atom stereocenters. The summed E-state index contributed by atoms with van der Waals surface area (Å²) in [5.41, 5.74) is 3.53. The molecule has 0 spiro atoms. The molecule has 1 aromatic carbocycles. The molecule has 3 rings (SSSR count). The van der Waals surface area contributed by atoms with Crippen molar-refractivity contribution in [2.24, 2.45) is 0 Å². The molecule has 1 unspecified atom stereocenters. The number of aryl methyl sites for hydroxylation is 2. The van der Waals surface area contributed by atoms with Gasteiger partial charge in [0.15, 0.2) is 0 Å². The Morgan fingerprint density at radius 1 is 1.16 bits per heavy atom. The van der Waals surface area contributed by atoms with Gasteiger partial charge in [0.1, 0.15) is 11.6 Å². The molecule has 1 saturated heterocycles. The van der Waals surface area contributed by atoms with Gasteiger partial charge in [0.25, 0.3) is 0 Å². The predicted octanol–water partition coefficient (Wildman–Crippen LogP) is 2.68. The minimum absolute atomic E-state index is 0.0366. The van der Waals surface area contributed by atoms with E-state index < -0.39 is 0 Å². The van der Waals surface area contributed by atoms with Gasteiger partial charge in [-0.3, -0.25) is 9.59 Å². The van der Waals surface area contributed by atoms with Crippen LogP contribution in [0.25, 0.3) is 0 Å². The molecule has 1 aromatic heterocycles. The molecule has 7 nitrogen and oxygen atoms in total. The summed E-state index contributed by atoms with van der Waals surface area (Å²) in [4.78, 5) is 38.0. The van der Waals surface area contributed by atoms with Gasteiger partial charge in [-0.25, -0.2) is 9.97 Å². The Labute approximate surface area is 184 Å². The lowest BCUT2D eigenvalue weighted by molar-refractivity contribution is -0.131. The number of nitrogens with zero attached hydrogens (tertiary/aromatic N) is 4. The summed E-state index contributed by atoms with van der Waals surface area (Å²) >= 11 is 0. The van der Waals surface area contributed by atoms with Gasteiger partial charge in [0, 0.05) is 50.1 Å². The van der Waals surface area contributed by atoms with Gasteiger partial charge in [0.05, 0.1) is 20.0 Å². The molecule has 1 fully saturated rings. The first-order valence-corrected chi connectivity index (χ1v) is 10.7. The van der Waals surface area contributed by atoms with Crippen molar-refractivity contribution < 1.29 is 14.3 Å². The largest absolute Gasteiger partial charge is 0.497 e. The van der Waals surface area contributed by atoms with Gasteiger partial charge in [-0.05, 0) is 44.4 Å². The highest BCUT2D eigenvalue weighted by atomic mass is 16.5. The Morgan fingerprint density at radius 2 is 1.87 bits per heavy atom. The number of hydrogen-bond acceptors (Lipinski definition) is 5. The van der Waals surface area contributed by atoms with Crippen molar-refractivity contribution in [3.8, 4) is 5.75 Å². The first-order chi connectivity index (χ1) is 14.8. The molecule has 0 bridgehead atoms. The minimum atomic E-state index is 0.0366. The molecule has 166 valence electrons. The van der Waals surface area contributed by atoms with Crippen LogP contribution in [0.5, 0.6) is 5.75 Å². The molecular formula is C24H32N4O3. The number of amides is 2. The van der Waals surface area contributed by atoms with Crippen LogP contribution in [0.15, 0.2) is 24.3 Å². The highest BCUT2D eigenvalue weighted by molar-refractivity contribution is 5.79. The average Bonchev–Trinajstić information content (AvgIpc) is 2.76. The minimum Gasteiger partial charge on any atom is -0.497 e. The number of piperidine rings is 1. The number of methoxy groups -OCH3 is 1. The van der Waals surface area contributed by atoms with Crippen molar-refractivity contribution in [2.75, 3.05) is 34.3 Å². The van der Waals surface area contributed by atoms with E-state index in [4.69, 9.17) is 14.7 Å². The molecule has 0 saturated carbocycles. The highest BCUT2D eigenvalue weighted by Gasteiger charge is 2.27. The van der Waals surface area contributed by atoms with Crippen LogP contribution >= 0.6 is 0 Å². The number of likely N-dealkylation sites (tertiary alicyclic amines) is 1. The Morgan fingerprint density at radius 3 is 2.52 bits per heavy atom. The Bertz CT molecular complexity index is 935. The fourth-order valence-corrected chi connectivity index (χ4v) is 4.00. The monoisotopic (exact) mass is 424 g/mol. The van der Waals surface area contributed by atoms with E-state index >= 15 is 0 Å². The van der Waals surface area contributed by atoms with E-state index in [0.29, 0.717) is 19.4 Å². The maximum atomic E-state index is 12.9. The topological polar surface area (TPSA) is 75.6 Å². The molecular weight excluding hydrogens is 392 g/mol. The Kier molecular flexibility index (Phi) is 7.25. The number of rotatable bonds is 6. The van der Waals surface area contributed by atoms with Crippen LogP contribution in [-0.2, 0) is 22.4 Å². The first kappa shape index (κ1) is 22.7. The van der Waals surface area contributed by atoms with Crippen LogP contribution in [-0.4, -0.2) is 65.9 Å². The molecule has 2 amide bonds. The summed E-state index contributed by atoms with van der Waals surface area (Å²) in [6, 6.07) is 7.64. The van der Waals surface area contributed by atoms with E-state index in [-0.39, 0.29) is 17.7 Å². The fourth-order valence-electron chi connectivity index (χ4n) is 4.00. The quantitative estimate of drug-likeness (QED) is 0.713. The van der Waals surface area contributed by atoms with Crippen LogP contribution in [0.3, 0.4) is 0 Å². The smallest absolute Gasteiger partial charge is 0.227 e.